The van der Waals surface area contributed by atoms with Crippen LogP contribution in [-0.2, 0) is 0 Å². The summed E-state index contributed by atoms with van der Waals surface area (Å²) in [6, 6.07) is 0. The molecule has 0 fully saturated rings. The lowest BCUT2D eigenvalue weighted by Gasteiger charge is -1.92. The molecule has 1 aromatic heterocycles. The summed E-state index contributed by atoms with van der Waals surface area (Å²) in [6.45, 7) is 3.35. The summed E-state index contributed by atoms with van der Waals surface area (Å²) in [5.41, 5.74) is 0.548. The Morgan fingerprint density at radius 3 is 2.60 bits per heavy atom. The molecule has 0 aliphatic carbocycles. The van der Waals surface area contributed by atoms with Crippen LogP contribution < -0.4 is 0 Å². The molecule has 1 aromatic rings. The van der Waals surface area contributed by atoms with Crippen LogP contribution in [0.4, 0.5) is 0 Å². The van der Waals surface area contributed by atoms with Gasteiger partial charge in [-0.2, -0.15) is 4.37 Å². The number of aliphatic hydroxyl groups excluding tert-OH is 1. The van der Waals surface area contributed by atoms with Crippen LogP contribution in [-0.4, -0.2) is 9.48 Å². The Morgan fingerprint density at radius 2 is 2.40 bits per heavy atom. The average Bonchev–Trinajstić information content (AvgIpc) is 2.11. The van der Waals surface area contributed by atoms with Crippen LogP contribution in [0.5, 0.6) is 0 Å². The molecule has 0 atom stereocenters. The first kappa shape index (κ1) is 8.29. The van der Waals surface area contributed by atoms with Gasteiger partial charge in [0, 0.05) is 0 Å². The van der Waals surface area contributed by atoms with E-state index in [1.54, 1.807) is 0 Å². The van der Waals surface area contributed by atoms with Crippen molar-refractivity contribution >= 4 is 51.5 Å². The maximum atomic E-state index is 8.96. The van der Waals surface area contributed by atoms with Gasteiger partial charge in [-0.05, 0) is 34.1 Å². The van der Waals surface area contributed by atoms with E-state index in [9.17, 15) is 0 Å². The summed E-state index contributed by atoms with van der Waals surface area (Å²) in [5, 5.41) is 9.28. The van der Waals surface area contributed by atoms with Gasteiger partial charge in [-0.25, -0.2) is 0 Å². The zero-order chi connectivity index (χ0) is 7.72. The second kappa shape index (κ2) is 3.06. The second-order valence-electron chi connectivity index (χ2n) is 1.57. The topological polar surface area (TPSA) is 33.1 Å². The molecule has 10 heavy (non-hydrogen) atoms. The van der Waals surface area contributed by atoms with Crippen molar-refractivity contribution in [3.8, 4) is 0 Å². The Hall–Kier alpha value is 0.190. The summed E-state index contributed by atoms with van der Waals surface area (Å²) in [6.07, 6.45) is 0. The molecule has 0 aromatic carbocycles. The molecule has 1 heterocycles. The number of nitrogens with zero attached hydrogens (tertiary/aromatic N) is 1. The van der Waals surface area contributed by atoms with Crippen molar-refractivity contribution in [1.82, 2.24) is 4.37 Å². The quantitative estimate of drug-likeness (QED) is 0.636. The highest BCUT2D eigenvalue weighted by Gasteiger charge is 2.11. The van der Waals surface area contributed by atoms with Gasteiger partial charge in [-0.1, -0.05) is 18.2 Å². The van der Waals surface area contributed by atoms with E-state index in [1.165, 1.54) is 11.5 Å². The van der Waals surface area contributed by atoms with Crippen LogP contribution >= 0.6 is 45.7 Å². The number of aromatic nitrogens is 1. The van der Waals surface area contributed by atoms with E-state index in [0.29, 0.717) is 10.7 Å². The fraction of sp³-hybridized carbons (Fsp3) is 0. The summed E-state index contributed by atoms with van der Waals surface area (Å²) in [4.78, 5) is 0. The highest BCUT2D eigenvalue weighted by Crippen LogP contribution is 2.28. The summed E-state index contributed by atoms with van der Waals surface area (Å²) >= 11 is 8.90. The molecule has 0 aliphatic heterocycles. The molecule has 0 spiro atoms. The van der Waals surface area contributed by atoms with Crippen molar-refractivity contribution < 1.29 is 5.11 Å². The molecule has 0 saturated heterocycles. The first-order valence-electron chi connectivity index (χ1n) is 2.32. The Kier molecular flexibility index (Phi) is 2.54. The van der Waals surface area contributed by atoms with Crippen molar-refractivity contribution in [2.75, 3.05) is 0 Å². The largest absolute Gasteiger partial charge is 0.508 e. The number of hydrogen-bond acceptors (Lipinski definition) is 3. The highest BCUT2D eigenvalue weighted by atomic mass is 127. The van der Waals surface area contributed by atoms with E-state index < -0.39 is 0 Å². The molecule has 1 N–H and O–H groups in total. The Bertz CT molecular complexity index is 253. The SMILES string of the molecule is C=C(O)c1c(Cl)nsc1I. The van der Waals surface area contributed by atoms with Gasteiger partial charge in [-0.15, -0.1) is 0 Å². The van der Waals surface area contributed by atoms with Crippen LogP contribution in [0.3, 0.4) is 0 Å². The molecular formula is C5H3ClINOS. The number of hydrogen-bond donors (Lipinski definition) is 1. The first-order valence-corrected chi connectivity index (χ1v) is 4.55. The van der Waals surface area contributed by atoms with Crippen molar-refractivity contribution in [2.45, 2.75) is 0 Å². The lowest BCUT2D eigenvalue weighted by molar-refractivity contribution is 0.513. The van der Waals surface area contributed by atoms with E-state index in [1.807, 2.05) is 22.6 Å². The van der Waals surface area contributed by atoms with Gasteiger partial charge < -0.3 is 5.11 Å². The molecule has 0 unspecified atom stereocenters. The zero-order valence-corrected chi connectivity index (χ0v) is 8.50. The molecular weight excluding hydrogens is 284 g/mol. The molecule has 0 radical (unpaired) electrons. The van der Waals surface area contributed by atoms with E-state index in [4.69, 9.17) is 16.7 Å². The van der Waals surface area contributed by atoms with Crippen LogP contribution in [0.1, 0.15) is 5.56 Å². The summed E-state index contributed by atoms with van der Waals surface area (Å²) in [7, 11) is 0. The molecule has 0 amide bonds. The Labute approximate surface area is 80.8 Å². The average molecular weight is 288 g/mol. The summed E-state index contributed by atoms with van der Waals surface area (Å²) < 4.78 is 4.67. The number of aliphatic hydroxyl groups is 1. The predicted molar refractivity (Wildman–Crippen MR) is 51.5 cm³/mol. The van der Waals surface area contributed by atoms with Crippen molar-refractivity contribution in [3.05, 3.63) is 20.2 Å². The standard InChI is InChI=1S/C5H3ClINOS/c1-2(9)3-4(6)8-10-5(3)7/h9H,1H2. The Morgan fingerprint density at radius 1 is 1.80 bits per heavy atom. The monoisotopic (exact) mass is 287 g/mol. The van der Waals surface area contributed by atoms with Crippen molar-refractivity contribution in [1.29, 1.82) is 0 Å². The lowest BCUT2D eigenvalue weighted by Crippen LogP contribution is -1.79. The van der Waals surface area contributed by atoms with Gasteiger partial charge in [-0.3, -0.25) is 0 Å². The maximum absolute atomic E-state index is 8.96. The van der Waals surface area contributed by atoms with E-state index in [0.717, 1.165) is 2.88 Å². The third kappa shape index (κ3) is 1.43. The highest BCUT2D eigenvalue weighted by molar-refractivity contribution is 14.1. The third-order valence-electron chi connectivity index (χ3n) is 0.897. The molecule has 1 rings (SSSR count). The van der Waals surface area contributed by atoms with Crippen LogP contribution in [0.25, 0.3) is 5.76 Å². The van der Waals surface area contributed by atoms with Crippen LogP contribution in [0.15, 0.2) is 6.58 Å². The Balaban J connectivity index is 3.23. The van der Waals surface area contributed by atoms with E-state index in [-0.39, 0.29) is 5.76 Å². The minimum atomic E-state index is -0.0249. The summed E-state index contributed by atoms with van der Waals surface area (Å²) in [5.74, 6) is -0.0249. The first-order chi connectivity index (χ1) is 4.63. The lowest BCUT2D eigenvalue weighted by atomic mass is 10.3. The normalized spacial score (nSPS) is 9.80. The number of halogens is 2. The smallest absolute Gasteiger partial charge is 0.154 e. The van der Waals surface area contributed by atoms with Crippen LogP contribution in [0, 0.1) is 2.88 Å². The molecule has 0 saturated carbocycles. The molecule has 0 aliphatic rings. The third-order valence-corrected chi connectivity index (χ3v) is 3.04. The molecule has 54 valence electrons. The zero-order valence-electron chi connectivity index (χ0n) is 4.77. The number of rotatable bonds is 1. The molecule has 5 heteroatoms. The second-order valence-corrected chi connectivity index (χ2v) is 4.51. The molecule has 2 nitrogen and oxygen atoms in total. The van der Waals surface area contributed by atoms with Gasteiger partial charge in [0.15, 0.2) is 5.15 Å². The van der Waals surface area contributed by atoms with Crippen molar-refractivity contribution in [3.63, 3.8) is 0 Å². The fourth-order valence-corrected chi connectivity index (χ4v) is 2.43. The van der Waals surface area contributed by atoms with Gasteiger partial charge in [0.05, 0.1) is 8.45 Å². The van der Waals surface area contributed by atoms with Gasteiger partial charge in [0.25, 0.3) is 0 Å². The van der Waals surface area contributed by atoms with Gasteiger partial charge >= 0.3 is 0 Å². The minimum Gasteiger partial charge on any atom is -0.508 e. The predicted octanol–water partition coefficient (Wildman–Crippen LogP) is 2.93. The van der Waals surface area contributed by atoms with Crippen LogP contribution in [0.2, 0.25) is 5.15 Å². The molecule has 0 bridgehead atoms. The fourth-order valence-electron chi connectivity index (χ4n) is 0.485. The minimum absolute atomic E-state index is 0.0249. The van der Waals surface area contributed by atoms with Crippen molar-refractivity contribution in [2.24, 2.45) is 0 Å². The van der Waals surface area contributed by atoms with Gasteiger partial charge in [0.1, 0.15) is 5.76 Å². The van der Waals surface area contributed by atoms with Gasteiger partial charge in [0.2, 0.25) is 0 Å². The van der Waals surface area contributed by atoms with E-state index >= 15 is 0 Å². The maximum Gasteiger partial charge on any atom is 0.154 e. The van der Waals surface area contributed by atoms with E-state index in [2.05, 4.69) is 11.0 Å².